The van der Waals surface area contributed by atoms with Crippen molar-refractivity contribution in [1.82, 2.24) is 10.2 Å². The average Bonchev–Trinajstić information content (AvgIpc) is 2.84. The summed E-state index contributed by atoms with van der Waals surface area (Å²) in [4.78, 5) is 40.6. The lowest BCUT2D eigenvalue weighted by Gasteiger charge is -2.38. The van der Waals surface area contributed by atoms with Crippen molar-refractivity contribution in [2.24, 2.45) is 5.92 Å². The smallest absolute Gasteiger partial charge is 0.270 e. The number of amides is 2. The number of piperidine rings is 1. The van der Waals surface area contributed by atoms with Gasteiger partial charge < -0.3 is 19.9 Å². The number of nitrogens with zero attached hydrogens (tertiary/aromatic N) is 3. The number of benzene rings is 2. The Morgan fingerprint density at radius 3 is 2.73 bits per heavy atom. The predicted octanol–water partition coefficient (Wildman–Crippen LogP) is 3.50. The zero-order chi connectivity index (χ0) is 23.5. The first-order valence-corrected chi connectivity index (χ1v) is 11.3. The van der Waals surface area contributed by atoms with Crippen molar-refractivity contribution < 1.29 is 19.2 Å². The molecule has 2 aromatic rings. The van der Waals surface area contributed by atoms with E-state index in [1.54, 1.807) is 30.3 Å². The van der Waals surface area contributed by atoms with Crippen LogP contribution < -0.4 is 15.0 Å². The first-order valence-electron chi connectivity index (χ1n) is 11.3. The highest BCUT2D eigenvalue weighted by Crippen LogP contribution is 2.37. The third kappa shape index (κ3) is 4.48. The molecule has 1 fully saturated rings. The van der Waals surface area contributed by atoms with E-state index in [1.807, 2.05) is 18.7 Å². The lowest BCUT2D eigenvalue weighted by molar-refractivity contribution is -0.385. The van der Waals surface area contributed by atoms with Crippen molar-refractivity contribution in [2.75, 3.05) is 31.1 Å². The van der Waals surface area contributed by atoms with Gasteiger partial charge in [-0.1, -0.05) is 12.1 Å². The highest BCUT2D eigenvalue weighted by Gasteiger charge is 2.33. The van der Waals surface area contributed by atoms with E-state index in [-0.39, 0.29) is 23.4 Å². The Morgan fingerprint density at radius 1 is 1.24 bits per heavy atom. The first kappa shape index (κ1) is 22.6. The molecule has 0 spiro atoms. The van der Waals surface area contributed by atoms with Gasteiger partial charge in [-0.05, 0) is 44.9 Å². The van der Waals surface area contributed by atoms with E-state index in [0.29, 0.717) is 43.1 Å². The molecule has 33 heavy (non-hydrogen) atoms. The molecule has 9 heteroatoms. The van der Waals surface area contributed by atoms with Crippen LogP contribution >= 0.6 is 0 Å². The summed E-state index contributed by atoms with van der Waals surface area (Å²) in [5, 5.41) is 14.3. The van der Waals surface area contributed by atoms with Gasteiger partial charge in [0.05, 0.1) is 16.4 Å². The number of carbonyl (C=O) groups is 2. The number of nitro benzene ring substituents is 1. The second kappa shape index (κ2) is 9.48. The van der Waals surface area contributed by atoms with Gasteiger partial charge >= 0.3 is 0 Å². The minimum Gasteiger partial charge on any atom is -0.465 e. The van der Waals surface area contributed by atoms with Crippen LogP contribution in [-0.4, -0.2) is 47.8 Å². The summed E-state index contributed by atoms with van der Waals surface area (Å²) in [6.07, 6.45) is 0.758. The normalized spacial score (nSPS) is 19.8. The van der Waals surface area contributed by atoms with Gasteiger partial charge in [0.25, 0.3) is 11.6 Å². The zero-order valence-electron chi connectivity index (χ0n) is 18.8. The molecule has 1 saturated heterocycles. The van der Waals surface area contributed by atoms with Gasteiger partial charge in [0.2, 0.25) is 12.1 Å². The van der Waals surface area contributed by atoms with Gasteiger partial charge in [-0.3, -0.25) is 19.7 Å². The van der Waals surface area contributed by atoms with Crippen LogP contribution in [-0.2, 0) is 4.79 Å². The van der Waals surface area contributed by atoms with Gasteiger partial charge in [0.15, 0.2) is 0 Å². The maximum atomic E-state index is 13.0. The maximum Gasteiger partial charge on any atom is 0.270 e. The van der Waals surface area contributed by atoms with Crippen LogP contribution in [0.1, 0.15) is 48.8 Å². The standard InChI is InChI=1S/C24H28N4O5/c1-3-26(4-2)24(30)16-8-7-13-27(15-16)20-12-11-17(28(31)32)14-19(20)23-25-22(29)18-9-5-6-10-21(18)33-23/h5-6,9-12,14,16,23H,3-4,7-8,13,15H2,1-2H3,(H,25,29)/t16-,23-/m0/s1. The van der Waals surface area contributed by atoms with Gasteiger partial charge in [0.1, 0.15) is 5.75 Å². The molecule has 1 N–H and O–H groups in total. The Hall–Kier alpha value is -3.62. The quantitative estimate of drug-likeness (QED) is 0.531. The predicted molar refractivity (Wildman–Crippen MR) is 123 cm³/mol. The Morgan fingerprint density at radius 2 is 2.00 bits per heavy atom. The fourth-order valence-corrected chi connectivity index (χ4v) is 4.60. The molecule has 174 valence electrons. The summed E-state index contributed by atoms with van der Waals surface area (Å²) >= 11 is 0. The van der Waals surface area contributed by atoms with Crippen molar-refractivity contribution in [3.8, 4) is 5.75 Å². The van der Waals surface area contributed by atoms with Gasteiger partial charge in [-0.2, -0.15) is 0 Å². The van der Waals surface area contributed by atoms with E-state index >= 15 is 0 Å². The molecule has 0 bridgehead atoms. The molecular formula is C24H28N4O5. The summed E-state index contributed by atoms with van der Waals surface area (Å²) in [6.45, 7) is 6.49. The van der Waals surface area contributed by atoms with Crippen molar-refractivity contribution >= 4 is 23.2 Å². The number of nitrogens with one attached hydrogen (secondary N) is 1. The van der Waals surface area contributed by atoms with E-state index in [4.69, 9.17) is 4.74 Å². The Kier molecular flexibility index (Phi) is 6.48. The summed E-state index contributed by atoms with van der Waals surface area (Å²) in [5.74, 6) is 0.109. The fourth-order valence-electron chi connectivity index (χ4n) is 4.60. The molecule has 2 aliphatic rings. The van der Waals surface area contributed by atoms with Crippen LogP contribution in [0.2, 0.25) is 0 Å². The lowest BCUT2D eigenvalue weighted by Crippen LogP contribution is -2.45. The number of ether oxygens (including phenoxy) is 1. The van der Waals surface area contributed by atoms with Crippen LogP contribution in [0, 0.1) is 16.0 Å². The fraction of sp³-hybridized carbons (Fsp3) is 0.417. The Bertz CT molecular complexity index is 1070. The van der Waals surface area contributed by atoms with Gasteiger partial charge in [0, 0.05) is 49.6 Å². The molecule has 2 amide bonds. The number of anilines is 1. The van der Waals surface area contributed by atoms with E-state index in [2.05, 4.69) is 10.2 Å². The van der Waals surface area contributed by atoms with Crippen LogP contribution in [0.25, 0.3) is 0 Å². The minimum atomic E-state index is -0.874. The number of rotatable bonds is 6. The highest BCUT2D eigenvalue weighted by atomic mass is 16.6. The Balaban J connectivity index is 1.67. The molecule has 2 aliphatic heterocycles. The van der Waals surface area contributed by atoms with Crippen molar-refractivity contribution in [3.05, 3.63) is 63.7 Å². The molecule has 9 nitrogen and oxygen atoms in total. The third-order valence-corrected chi connectivity index (χ3v) is 6.33. The molecule has 0 saturated carbocycles. The highest BCUT2D eigenvalue weighted by molar-refractivity contribution is 5.98. The second-order valence-electron chi connectivity index (χ2n) is 8.26. The summed E-state index contributed by atoms with van der Waals surface area (Å²) in [7, 11) is 0. The summed E-state index contributed by atoms with van der Waals surface area (Å²) in [6, 6.07) is 11.5. The lowest BCUT2D eigenvalue weighted by atomic mass is 9.95. The largest absolute Gasteiger partial charge is 0.465 e. The third-order valence-electron chi connectivity index (χ3n) is 6.33. The van der Waals surface area contributed by atoms with Crippen LogP contribution in [0.5, 0.6) is 5.75 Å². The number of non-ortho nitro benzene ring substituents is 1. The number of para-hydroxylation sites is 1. The molecule has 0 aromatic heterocycles. The first-order chi connectivity index (χ1) is 15.9. The summed E-state index contributed by atoms with van der Waals surface area (Å²) in [5.41, 5.74) is 1.56. The average molecular weight is 453 g/mol. The second-order valence-corrected chi connectivity index (χ2v) is 8.26. The SMILES string of the molecule is CCN(CC)C(=O)[C@H]1CCCN(c2ccc([N+](=O)[O-])cc2[C@H]2NC(=O)c3ccccc3O2)C1. The maximum absolute atomic E-state index is 13.0. The number of carbonyl (C=O) groups excluding carboxylic acids is 2. The number of hydrogen-bond acceptors (Lipinski definition) is 6. The van der Waals surface area contributed by atoms with E-state index in [0.717, 1.165) is 18.5 Å². The summed E-state index contributed by atoms with van der Waals surface area (Å²) < 4.78 is 6.05. The molecule has 2 atom stereocenters. The molecule has 0 radical (unpaired) electrons. The number of hydrogen-bond donors (Lipinski definition) is 1. The molecule has 0 unspecified atom stereocenters. The molecule has 2 aromatic carbocycles. The molecule has 0 aliphatic carbocycles. The minimum absolute atomic E-state index is 0.0850. The Labute approximate surface area is 192 Å². The van der Waals surface area contributed by atoms with E-state index in [1.165, 1.54) is 12.1 Å². The monoisotopic (exact) mass is 452 g/mol. The van der Waals surface area contributed by atoms with Crippen LogP contribution in [0.15, 0.2) is 42.5 Å². The molecular weight excluding hydrogens is 424 g/mol. The molecule has 4 rings (SSSR count). The van der Waals surface area contributed by atoms with Crippen molar-refractivity contribution in [1.29, 1.82) is 0 Å². The van der Waals surface area contributed by atoms with E-state index in [9.17, 15) is 19.7 Å². The van der Waals surface area contributed by atoms with Crippen LogP contribution in [0.3, 0.4) is 0 Å². The van der Waals surface area contributed by atoms with Gasteiger partial charge in [-0.25, -0.2) is 0 Å². The number of fused-ring (bicyclic) bond motifs is 1. The van der Waals surface area contributed by atoms with Crippen LogP contribution in [0.4, 0.5) is 11.4 Å². The van der Waals surface area contributed by atoms with E-state index < -0.39 is 11.2 Å². The van der Waals surface area contributed by atoms with Gasteiger partial charge in [-0.15, -0.1) is 0 Å². The number of nitro groups is 1. The topological polar surface area (TPSA) is 105 Å². The van der Waals surface area contributed by atoms with Crippen molar-refractivity contribution in [3.63, 3.8) is 0 Å². The zero-order valence-corrected chi connectivity index (χ0v) is 18.8. The molecule has 2 heterocycles. The van der Waals surface area contributed by atoms with Crippen molar-refractivity contribution in [2.45, 2.75) is 32.9 Å².